The molecule has 100 valence electrons. The van der Waals surface area contributed by atoms with Gasteiger partial charge in [-0.15, -0.1) is 0 Å². The Kier molecular flexibility index (Phi) is 4.32. The molecule has 0 amide bonds. The minimum atomic E-state index is 0.580. The van der Waals surface area contributed by atoms with Crippen molar-refractivity contribution in [2.24, 2.45) is 5.92 Å². The molecular weight excluding hydrogens is 256 g/mol. The van der Waals surface area contributed by atoms with Crippen LogP contribution in [0.3, 0.4) is 0 Å². The van der Waals surface area contributed by atoms with Gasteiger partial charge in [-0.1, -0.05) is 26.1 Å². The van der Waals surface area contributed by atoms with E-state index in [2.05, 4.69) is 23.8 Å². The van der Waals surface area contributed by atoms with E-state index in [1.165, 1.54) is 0 Å². The number of aromatic amines is 1. The van der Waals surface area contributed by atoms with Gasteiger partial charge in [-0.05, 0) is 42.7 Å². The van der Waals surface area contributed by atoms with Crippen LogP contribution >= 0.6 is 12.2 Å². The molecule has 1 N–H and O–H groups in total. The van der Waals surface area contributed by atoms with Gasteiger partial charge in [0.2, 0.25) is 0 Å². The van der Waals surface area contributed by atoms with Crippen LogP contribution in [-0.2, 0) is 6.42 Å². The summed E-state index contributed by atoms with van der Waals surface area (Å²) in [4.78, 5) is 7.74. The molecule has 0 aliphatic heterocycles. The highest BCUT2D eigenvalue weighted by atomic mass is 32.1. The number of hydrogen-bond acceptors (Lipinski definition) is 3. The predicted octanol–water partition coefficient (Wildman–Crippen LogP) is 4.01. The van der Waals surface area contributed by atoms with Gasteiger partial charge in [0, 0.05) is 11.3 Å². The van der Waals surface area contributed by atoms with Crippen LogP contribution in [0.15, 0.2) is 30.3 Å². The highest BCUT2D eigenvalue weighted by Gasteiger charge is 2.04. The van der Waals surface area contributed by atoms with E-state index >= 15 is 0 Å². The largest absolute Gasteiger partial charge is 0.497 e. The van der Waals surface area contributed by atoms with Crippen LogP contribution in [0, 0.1) is 10.6 Å². The zero-order chi connectivity index (χ0) is 13.8. The molecule has 0 saturated heterocycles. The van der Waals surface area contributed by atoms with Crippen molar-refractivity contribution in [2.45, 2.75) is 20.3 Å². The fourth-order valence-electron chi connectivity index (χ4n) is 1.94. The summed E-state index contributed by atoms with van der Waals surface area (Å²) < 4.78 is 5.78. The average Bonchev–Trinajstić information content (AvgIpc) is 2.37. The lowest BCUT2D eigenvalue weighted by atomic mass is 10.1. The van der Waals surface area contributed by atoms with E-state index < -0.39 is 0 Å². The lowest BCUT2D eigenvalue weighted by Gasteiger charge is -2.08. The van der Waals surface area contributed by atoms with E-state index in [0.29, 0.717) is 10.6 Å². The third kappa shape index (κ3) is 3.64. The second-order valence-corrected chi connectivity index (χ2v) is 5.34. The summed E-state index contributed by atoms with van der Waals surface area (Å²) in [6.45, 7) is 4.37. The molecular formula is C15H18N2OS. The molecule has 2 aromatic rings. The number of benzene rings is 1. The summed E-state index contributed by atoms with van der Waals surface area (Å²) in [7, 11) is 1.66. The smallest absolute Gasteiger partial charge is 0.139 e. The van der Waals surface area contributed by atoms with Gasteiger partial charge in [0.25, 0.3) is 0 Å². The first-order chi connectivity index (χ1) is 9.08. The Morgan fingerprint density at radius 3 is 2.53 bits per heavy atom. The van der Waals surface area contributed by atoms with Crippen LogP contribution in [0.4, 0.5) is 0 Å². The lowest BCUT2D eigenvalue weighted by Crippen LogP contribution is -2.00. The second-order valence-electron chi connectivity index (χ2n) is 4.92. The van der Waals surface area contributed by atoms with Gasteiger partial charge in [-0.25, -0.2) is 4.98 Å². The number of nitrogens with one attached hydrogen (secondary N) is 1. The number of rotatable bonds is 4. The van der Waals surface area contributed by atoms with Crippen molar-refractivity contribution < 1.29 is 4.74 Å². The summed E-state index contributed by atoms with van der Waals surface area (Å²) >= 11 is 5.23. The molecule has 1 aromatic carbocycles. The van der Waals surface area contributed by atoms with Gasteiger partial charge in [0.1, 0.15) is 16.2 Å². The minimum Gasteiger partial charge on any atom is -0.497 e. The molecule has 0 aliphatic rings. The zero-order valence-electron chi connectivity index (χ0n) is 11.4. The van der Waals surface area contributed by atoms with Crippen molar-refractivity contribution >= 4 is 12.2 Å². The van der Waals surface area contributed by atoms with Gasteiger partial charge < -0.3 is 9.72 Å². The molecule has 0 spiro atoms. The predicted molar refractivity (Wildman–Crippen MR) is 80.0 cm³/mol. The molecule has 0 fully saturated rings. The van der Waals surface area contributed by atoms with Crippen molar-refractivity contribution in [3.8, 4) is 17.1 Å². The van der Waals surface area contributed by atoms with Crippen LogP contribution in [0.1, 0.15) is 19.5 Å². The Balaban J connectivity index is 2.37. The van der Waals surface area contributed by atoms with Crippen LogP contribution < -0.4 is 4.74 Å². The average molecular weight is 274 g/mol. The monoisotopic (exact) mass is 274 g/mol. The number of H-pyrrole nitrogens is 1. The van der Waals surface area contributed by atoms with E-state index in [4.69, 9.17) is 17.0 Å². The molecule has 0 aliphatic carbocycles. The molecule has 0 saturated carbocycles. The molecule has 0 radical (unpaired) electrons. The van der Waals surface area contributed by atoms with Crippen molar-refractivity contribution in [3.63, 3.8) is 0 Å². The number of ether oxygens (including phenoxy) is 1. The van der Waals surface area contributed by atoms with Gasteiger partial charge >= 0.3 is 0 Å². The number of methoxy groups -OCH3 is 1. The molecule has 1 heterocycles. The lowest BCUT2D eigenvalue weighted by molar-refractivity contribution is 0.415. The molecule has 0 atom stereocenters. The maximum atomic E-state index is 5.23. The molecule has 2 rings (SSSR count). The topological polar surface area (TPSA) is 37.9 Å². The van der Waals surface area contributed by atoms with Gasteiger partial charge in [-0.3, -0.25) is 0 Å². The maximum Gasteiger partial charge on any atom is 0.139 e. The standard InChI is InChI=1S/C15H18N2OS/c1-10(2)8-12-9-14(19)17-15(16-12)11-4-6-13(18-3)7-5-11/h4-7,9-10H,8H2,1-3H3,(H,16,17,19). The summed E-state index contributed by atoms with van der Waals surface area (Å²) in [5.74, 6) is 2.23. The van der Waals surface area contributed by atoms with Crippen LogP contribution in [-0.4, -0.2) is 17.1 Å². The first-order valence-corrected chi connectivity index (χ1v) is 6.74. The second kappa shape index (κ2) is 5.97. The Labute approximate surface area is 118 Å². The molecule has 3 nitrogen and oxygen atoms in total. The number of nitrogens with zero attached hydrogens (tertiary/aromatic N) is 1. The van der Waals surface area contributed by atoms with E-state index in [1.54, 1.807) is 7.11 Å². The molecule has 1 aromatic heterocycles. The molecule has 19 heavy (non-hydrogen) atoms. The maximum absolute atomic E-state index is 5.23. The van der Waals surface area contributed by atoms with Crippen molar-refractivity contribution in [1.29, 1.82) is 0 Å². The Morgan fingerprint density at radius 1 is 1.26 bits per heavy atom. The highest BCUT2D eigenvalue weighted by molar-refractivity contribution is 7.71. The first-order valence-electron chi connectivity index (χ1n) is 6.33. The van der Waals surface area contributed by atoms with E-state index in [-0.39, 0.29) is 0 Å². The summed E-state index contributed by atoms with van der Waals surface area (Å²) in [5.41, 5.74) is 2.14. The normalized spacial score (nSPS) is 10.7. The zero-order valence-corrected chi connectivity index (χ0v) is 12.3. The van der Waals surface area contributed by atoms with Crippen molar-refractivity contribution in [3.05, 3.63) is 40.7 Å². The number of aromatic nitrogens is 2. The Hall–Kier alpha value is -1.68. The van der Waals surface area contributed by atoms with Gasteiger partial charge in [0.15, 0.2) is 0 Å². The van der Waals surface area contributed by atoms with Crippen LogP contribution in [0.25, 0.3) is 11.4 Å². The molecule has 4 heteroatoms. The third-order valence-corrected chi connectivity index (χ3v) is 3.00. The summed E-state index contributed by atoms with van der Waals surface area (Å²) in [5, 5.41) is 0. The third-order valence-electron chi connectivity index (χ3n) is 2.79. The fraction of sp³-hybridized carbons (Fsp3) is 0.333. The van der Waals surface area contributed by atoms with Crippen LogP contribution in [0.2, 0.25) is 0 Å². The Morgan fingerprint density at radius 2 is 1.95 bits per heavy atom. The van der Waals surface area contributed by atoms with Crippen molar-refractivity contribution in [1.82, 2.24) is 9.97 Å². The van der Waals surface area contributed by atoms with Gasteiger partial charge in [-0.2, -0.15) is 0 Å². The van der Waals surface area contributed by atoms with E-state index in [9.17, 15) is 0 Å². The minimum absolute atomic E-state index is 0.580. The first kappa shape index (κ1) is 13.7. The van der Waals surface area contributed by atoms with E-state index in [1.807, 2.05) is 30.3 Å². The molecule has 0 unspecified atom stereocenters. The highest BCUT2D eigenvalue weighted by Crippen LogP contribution is 2.20. The van der Waals surface area contributed by atoms with Crippen LogP contribution in [0.5, 0.6) is 5.75 Å². The number of hydrogen-bond donors (Lipinski definition) is 1. The SMILES string of the molecule is COc1ccc(-c2nc(=S)cc(CC(C)C)[nH]2)cc1. The van der Waals surface area contributed by atoms with Crippen molar-refractivity contribution in [2.75, 3.05) is 7.11 Å². The Bertz CT molecular complexity index is 602. The quantitative estimate of drug-likeness (QED) is 0.856. The summed E-state index contributed by atoms with van der Waals surface area (Å²) in [6.07, 6.45) is 0.968. The van der Waals surface area contributed by atoms with E-state index in [0.717, 1.165) is 29.3 Å². The molecule has 0 bridgehead atoms. The summed E-state index contributed by atoms with van der Waals surface area (Å²) in [6, 6.07) is 9.73. The van der Waals surface area contributed by atoms with Gasteiger partial charge in [0.05, 0.1) is 7.11 Å². The fourth-order valence-corrected chi connectivity index (χ4v) is 2.18.